The molecule has 0 aliphatic carbocycles. The smallest absolute Gasteiger partial charge is 0.313 e. The van der Waals surface area contributed by atoms with Gasteiger partial charge in [-0.25, -0.2) is 4.98 Å². The van der Waals surface area contributed by atoms with E-state index in [-0.39, 0.29) is 22.2 Å². The first-order valence-corrected chi connectivity index (χ1v) is 13.7. The number of benzene rings is 4. The number of carbonyl (C=O) groups is 1. The standard InChI is InChI=1S/C31H19Cl2N5O6/c32-20-9-11-21(12-10-20)35-28(39)17-43-29-23(33)13-18(14-25(29)38(41)42)16-34-37-30(27-15-19-5-1-4-8-26(19)44-27)36-24-7-3-2-6-22(24)31(37)40/h1-16H,17H2,(H,35,39). The summed E-state index contributed by atoms with van der Waals surface area (Å²) in [5.74, 6) is -0.429. The van der Waals surface area contributed by atoms with Crippen molar-refractivity contribution in [1.29, 1.82) is 0 Å². The molecule has 0 aliphatic heterocycles. The van der Waals surface area contributed by atoms with Crippen molar-refractivity contribution >= 4 is 68.6 Å². The molecule has 11 nitrogen and oxygen atoms in total. The molecule has 0 spiro atoms. The normalized spacial score (nSPS) is 11.3. The molecule has 0 bridgehead atoms. The second-order valence-corrected chi connectivity index (χ2v) is 10.3. The summed E-state index contributed by atoms with van der Waals surface area (Å²) in [6, 6.07) is 24.8. The summed E-state index contributed by atoms with van der Waals surface area (Å²) in [4.78, 5) is 41.7. The number of fused-ring (bicyclic) bond motifs is 2. The maximum atomic E-state index is 13.5. The van der Waals surface area contributed by atoms with Crippen molar-refractivity contribution in [2.24, 2.45) is 5.10 Å². The lowest BCUT2D eigenvalue weighted by Crippen LogP contribution is -2.20. The minimum atomic E-state index is -0.695. The van der Waals surface area contributed by atoms with Crippen LogP contribution in [0.2, 0.25) is 10.0 Å². The second kappa shape index (κ2) is 12.0. The number of rotatable bonds is 8. The van der Waals surface area contributed by atoms with Gasteiger partial charge in [0.15, 0.2) is 12.4 Å². The lowest BCUT2D eigenvalue weighted by Gasteiger charge is -2.10. The zero-order chi connectivity index (χ0) is 30.8. The highest BCUT2D eigenvalue weighted by Crippen LogP contribution is 2.36. The number of nitrogens with one attached hydrogen (secondary N) is 1. The highest BCUT2D eigenvalue weighted by atomic mass is 35.5. The van der Waals surface area contributed by atoms with E-state index in [1.54, 1.807) is 60.7 Å². The predicted molar refractivity (Wildman–Crippen MR) is 168 cm³/mol. The fourth-order valence-corrected chi connectivity index (χ4v) is 4.83. The molecule has 6 rings (SSSR count). The van der Waals surface area contributed by atoms with Crippen LogP contribution in [0.4, 0.5) is 11.4 Å². The number of nitro groups is 1. The molecular formula is C31H19Cl2N5O6. The third-order valence-electron chi connectivity index (χ3n) is 6.44. The lowest BCUT2D eigenvalue weighted by molar-refractivity contribution is -0.385. The van der Waals surface area contributed by atoms with E-state index in [0.29, 0.717) is 33.0 Å². The van der Waals surface area contributed by atoms with Gasteiger partial charge in [-0.2, -0.15) is 9.78 Å². The topological polar surface area (TPSA) is 142 Å². The van der Waals surface area contributed by atoms with E-state index in [9.17, 15) is 19.7 Å². The summed E-state index contributed by atoms with van der Waals surface area (Å²) < 4.78 is 12.5. The second-order valence-electron chi connectivity index (χ2n) is 9.41. The highest BCUT2D eigenvalue weighted by molar-refractivity contribution is 6.32. The molecule has 0 saturated heterocycles. The maximum Gasteiger partial charge on any atom is 0.313 e. The van der Waals surface area contributed by atoms with Gasteiger partial charge in [0.1, 0.15) is 5.58 Å². The van der Waals surface area contributed by atoms with Gasteiger partial charge in [-0.1, -0.05) is 53.5 Å². The van der Waals surface area contributed by atoms with Gasteiger partial charge < -0.3 is 14.5 Å². The molecule has 13 heteroatoms. The van der Waals surface area contributed by atoms with Gasteiger partial charge in [0.05, 0.1) is 27.1 Å². The van der Waals surface area contributed by atoms with Crippen LogP contribution in [0.3, 0.4) is 0 Å². The minimum absolute atomic E-state index is 0.133. The Bertz CT molecular complexity index is 2130. The number of para-hydroxylation sites is 2. The Morgan fingerprint density at radius 3 is 2.57 bits per heavy atom. The number of ether oxygens (including phenoxy) is 1. The summed E-state index contributed by atoms with van der Waals surface area (Å²) in [6.45, 7) is -0.546. The molecule has 0 atom stereocenters. The first-order chi connectivity index (χ1) is 21.3. The Balaban J connectivity index is 1.33. The number of furan rings is 1. The minimum Gasteiger partial charge on any atom is -0.476 e. The molecule has 0 radical (unpaired) electrons. The number of amides is 1. The van der Waals surface area contributed by atoms with Crippen molar-refractivity contribution in [2.75, 3.05) is 11.9 Å². The molecule has 1 N–H and O–H groups in total. The van der Waals surface area contributed by atoms with Crippen LogP contribution in [-0.4, -0.2) is 33.3 Å². The molecule has 2 aromatic heterocycles. The van der Waals surface area contributed by atoms with Gasteiger partial charge in [0.25, 0.3) is 11.5 Å². The molecule has 4 aromatic carbocycles. The summed E-state index contributed by atoms with van der Waals surface area (Å²) in [5.41, 5.74) is 0.722. The first kappa shape index (κ1) is 28.6. The fourth-order valence-electron chi connectivity index (χ4n) is 4.43. The molecule has 0 saturated carbocycles. The van der Waals surface area contributed by atoms with E-state index in [2.05, 4.69) is 15.4 Å². The molecule has 2 heterocycles. The van der Waals surface area contributed by atoms with Crippen molar-refractivity contribution in [3.8, 4) is 17.3 Å². The summed E-state index contributed by atoms with van der Waals surface area (Å²) in [5, 5.41) is 20.3. The zero-order valence-electron chi connectivity index (χ0n) is 22.4. The average Bonchev–Trinajstić information content (AvgIpc) is 3.45. The van der Waals surface area contributed by atoms with E-state index >= 15 is 0 Å². The zero-order valence-corrected chi connectivity index (χ0v) is 24.0. The summed E-state index contributed by atoms with van der Waals surface area (Å²) >= 11 is 12.2. The molecule has 0 unspecified atom stereocenters. The van der Waals surface area contributed by atoms with E-state index in [1.165, 1.54) is 18.3 Å². The molecule has 1 amide bonds. The van der Waals surface area contributed by atoms with Crippen LogP contribution in [-0.2, 0) is 4.79 Å². The maximum absolute atomic E-state index is 13.5. The SMILES string of the molecule is O=C(COc1c(Cl)cc(C=Nn2c(-c3cc4ccccc4o3)nc3ccccc3c2=O)cc1[N+](=O)[O-])Nc1ccc(Cl)cc1. The van der Waals surface area contributed by atoms with Crippen LogP contribution in [0.5, 0.6) is 5.75 Å². The first-order valence-electron chi connectivity index (χ1n) is 13.0. The van der Waals surface area contributed by atoms with E-state index in [0.717, 1.165) is 10.1 Å². The molecule has 0 aliphatic rings. The number of hydrogen-bond donors (Lipinski definition) is 1. The third-order valence-corrected chi connectivity index (χ3v) is 6.97. The van der Waals surface area contributed by atoms with Gasteiger partial charge in [-0.3, -0.25) is 19.7 Å². The van der Waals surface area contributed by atoms with Crippen molar-refractivity contribution < 1.29 is 18.9 Å². The number of anilines is 1. The number of nitrogens with zero attached hydrogens (tertiary/aromatic N) is 4. The van der Waals surface area contributed by atoms with Gasteiger partial charge in [-0.15, -0.1) is 0 Å². The van der Waals surface area contributed by atoms with Crippen LogP contribution in [0.15, 0.2) is 105 Å². The highest BCUT2D eigenvalue weighted by Gasteiger charge is 2.22. The monoisotopic (exact) mass is 627 g/mol. The predicted octanol–water partition coefficient (Wildman–Crippen LogP) is 6.92. The van der Waals surface area contributed by atoms with E-state index in [4.69, 9.17) is 32.4 Å². The number of nitro benzene ring substituents is 1. The van der Waals surface area contributed by atoms with E-state index < -0.39 is 28.7 Å². The van der Waals surface area contributed by atoms with Crippen LogP contribution in [0.1, 0.15) is 5.56 Å². The lowest BCUT2D eigenvalue weighted by atomic mass is 10.2. The number of aromatic nitrogens is 2. The molecule has 6 aromatic rings. The van der Waals surface area contributed by atoms with Crippen LogP contribution < -0.4 is 15.6 Å². The summed E-state index contributed by atoms with van der Waals surface area (Å²) in [7, 11) is 0. The molecule has 0 fully saturated rings. The van der Waals surface area contributed by atoms with Gasteiger partial charge in [-0.05, 0) is 54.6 Å². The Kier molecular flexibility index (Phi) is 7.80. The molecule has 44 heavy (non-hydrogen) atoms. The number of carbonyl (C=O) groups excluding carboxylic acids is 1. The van der Waals surface area contributed by atoms with E-state index in [1.807, 2.05) is 18.2 Å². The third kappa shape index (κ3) is 5.87. The van der Waals surface area contributed by atoms with Gasteiger partial charge >= 0.3 is 5.69 Å². The van der Waals surface area contributed by atoms with Crippen molar-refractivity contribution in [1.82, 2.24) is 9.66 Å². The van der Waals surface area contributed by atoms with Crippen molar-refractivity contribution in [3.63, 3.8) is 0 Å². The average molecular weight is 628 g/mol. The quantitative estimate of drug-likeness (QED) is 0.110. The number of halogens is 2. The summed E-state index contributed by atoms with van der Waals surface area (Å²) in [6.07, 6.45) is 1.24. The Morgan fingerprint density at radius 2 is 1.80 bits per heavy atom. The largest absolute Gasteiger partial charge is 0.476 e. The van der Waals surface area contributed by atoms with Gasteiger partial charge in [0.2, 0.25) is 11.6 Å². The van der Waals surface area contributed by atoms with Crippen molar-refractivity contribution in [3.05, 3.63) is 127 Å². The van der Waals surface area contributed by atoms with Gasteiger partial charge in [0, 0.05) is 27.7 Å². The Hall–Kier alpha value is -5.52. The Morgan fingerprint density at radius 1 is 1.05 bits per heavy atom. The fraction of sp³-hybridized carbons (Fsp3) is 0.0323. The van der Waals surface area contributed by atoms with Crippen LogP contribution in [0.25, 0.3) is 33.5 Å². The van der Waals surface area contributed by atoms with Crippen LogP contribution >= 0.6 is 23.2 Å². The number of hydrogen-bond acceptors (Lipinski definition) is 8. The molecular weight excluding hydrogens is 609 g/mol. The Labute approximate surface area is 258 Å². The molecule has 218 valence electrons. The van der Waals surface area contributed by atoms with Crippen LogP contribution in [0, 0.1) is 10.1 Å². The van der Waals surface area contributed by atoms with Crippen molar-refractivity contribution in [2.45, 2.75) is 0 Å².